The van der Waals surface area contributed by atoms with Crippen LogP contribution in [0.15, 0.2) is 5.16 Å². The van der Waals surface area contributed by atoms with Gasteiger partial charge < -0.3 is 15.7 Å². The number of ether oxygens (including phenoxy) is 1. The SMILES string of the molecule is CC(C(N)=NO)N1CCN(C2CC(C)(C)OC2(C)C)CC1. The van der Waals surface area contributed by atoms with Crippen molar-refractivity contribution in [3.05, 3.63) is 0 Å². The third kappa shape index (κ3) is 3.49. The van der Waals surface area contributed by atoms with Crippen LogP contribution in [-0.4, -0.2) is 70.3 Å². The quantitative estimate of drug-likeness (QED) is 0.353. The number of piperazine rings is 1. The molecule has 2 saturated heterocycles. The highest BCUT2D eigenvalue weighted by Gasteiger charge is 2.48. The van der Waals surface area contributed by atoms with Crippen molar-refractivity contribution < 1.29 is 9.94 Å². The minimum atomic E-state index is -0.108. The maximum atomic E-state index is 8.80. The van der Waals surface area contributed by atoms with Gasteiger partial charge in [-0.15, -0.1) is 0 Å². The Balaban J connectivity index is 1.95. The molecular formula is C15H30N4O2. The van der Waals surface area contributed by atoms with Crippen molar-refractivity contribution in [3.8, 4) is 0 Å². The third-order valence-electron chi connectivity index (χ3n) is 4.91. The van der Waals surface area contributed by atoms with E-state index in [1.165, 1.54) is 0 Å². The van der Waals surface area contributed by atoms with Crippen LogP contribution in [0.2, 0.25) is 0 Å². The Hall–Kier alpha value is -0.850. The topological polar surface area (TPSA) is 74.3 Å². The van der Waals surface area contributed by atoms with Gasteiger partial charge in [0.05, 0.1) is 17.2 Å². The van der Waals surface area contributed by atoms with Crippen LogP contribution in [0.4, 0.5) is 0 Å². The fraction of sp³-hybridized carbons (Fsp3) is 0.933. The van der Waals surface area contributed by atoms with Crippen molar-refractivity contribution in [2.24, 2.45) is 10.9 Å². The van der Waals surface area contributed by atoms with Crippen LogP contribution in [0.1, 0.15) is 41.0 Å². The minimum absolute atomic E-state index is 0.0126. The molecule has 0 aromatic heterocycles. The van der Waals surface area contributed by atoms with Crippen LogP contribution in [0.25, 0.3) is 0 Å². The third-order valence-corrected chi connectivity index (χ3v) is 4.91. The lowest BCUT2D eigenvalue weighted by Crippen LogP contribution is -2.58. The van der Waals surface area contributed by atoms with Gasteiger partial charge in [0.25, 0.3) is 0 Å². The molecule has 3 N–H and O–H groups in total. The summed E-state index contributed by atoms with van der Waals surface area (Å²) >= 11 is 0. The number of amidine groups is 1. The molecule has 122 valence electrons. The smallest absolute Gasteiger partial charge is 0.156 e. The van der Waals surface area contributed by atoms with E-state index in [9.17, 15) is 0 Å². The molecule has 21 heavy (non-hydrogen) atoms. The summed E-state index contributed by atoms with van der Waals surface area (Å²) in [7, 11) is 0. The average Bonchev–Trinajstić information content (AvgIpc) is 2.65. The van der Waals surface area contributed by atoms with Crippen molar-refractivity contribution in [3.63, 3.8) is 0 Å². The predicted octanol–water partition coefficient (Wildman–Crippen LogP) is 1.09. The maximum absolute atomic E-state index is 8.80. The average molecular weight is 298 g/mol. The van der Waals surface area contributed by atoms with Crippen LogP contribution in [0.3, 0.4) is 0 Å². The Morgan fingerprint density at radius 2 is 1.81 bits per heavy atom. The first-order valence-corrected chi connectivity index (χ1v) is 7.82. The van der Waals surface area contributed by atoms with E-state index in [0.717, 1.165) is 32.6 Å². The molecule has 0 amide bonds. The van der Waals surface area contributed by atoms with Crippen LogP contribution in [0.5, 0.6) is 0 Å². The van der Waals surface area contributed by atoms with Gasteiger partial charge in [0.2, 0.25) is 0 Å². The van der Waals surface area contributed by atoms with Gasteiger partial charge in [0.15, 0.2) is 5.84 Å². The molecule has 6 nitrogen and oxygen atoms in total. The molecule has 0 bridgehead atoms. The van der Waals surface area contributed by atoms with E-state index in [-0.39, 0.29) is 23.1 Å². The van der Waals surface area contributed by atoms with Gasteiger partial charge in [-0.25, -0.2) is 0 Å². The van der Waals surface area contributed by atoms with Gasteiger partial charge in [-0.1, -0.05) is 5.16 Å². The Kier molecular flexibility index (Phi) is 4.52. The summed E-state index contributed by atoms with van der Waals surface area (Å²) in [4.78, 5) is 4.80. The molecular weight excluding hydrogens is 268 g/mol. The lowest BCUT2D eigenvalue weighted by molar-refractivity contribution is -0.0837. The Morgan fingerprint density at radius 1 is 1.24 bits per heavy atom. The molecule has 2 heterocycles. The van der Waals surface area contributed by atoms with E-state index in [1.807, 2.05) is 6.92 Å². The first kappa shape index (κ1) is 16.5. The maximum Gasteiger partial charge on any atom is 0.156 e. The number of hydrogen-bond donors (Lipinski definition) is 2. The molecule has 2 aliphatic heterocycles. The monoisotopic (exact) mass is 298 g/mol. The standard InChI is InChI=1S/C15H30N4O2/c1-11(13(16)17-20)18-6-8-19(9-7-18)12-10-14(2,3)21-15(12,4)5/h11-12,20H,6-10H2,1-5H3,(H2,16,17). The van der Waals surface area contributed by atoms with E-state index in [1.54, 1.807) is 0 Å². The highest BCUT2D eigenvalue weighted by Crippen LogP contribution is 2.40. The Bertz CT molecular complexity index is 400. The van der Waals surface area contributed by atoms with Crippen LogP contribution < -0.4 is 5.73 Å². The van der Waals surface area contributed by atoms with Gasteiger partial charge in [0, 0.05) is 32.2 Å². The van der Waals surface area contributed by atoms with Gasteiger partial charge in [-0.05, 0) is 41.0 Å². The summed E-state index contributed by atoms with van der Waals surface area (Å²) in [6, 6.07) is 0.440. The minimum Gasteiger partial charge on any atom is -0.409 e. The van der Waals surface area contributed by atoms with Crippen LogP contribution in [0, 0.1) is 0 Å². The highest BCUT2D eigenvalue weighted by molar-refractivity contribution is 5.84. The lowest BCUT2D eigenvalue weighted by Gasteiger charge is -2.43. The first-order valence-electron chi connectivity index (χ1n) is 7.82. The molecule has 6 heteroatoms. The van der Waals surface area contributed by atoms with Crippen LogP contribution >= 0.6 is 0 Å². The zero-order valence-electron chi connectivity index (χ0n) is 14.0. The van der Waals surface area contributed by atoms with Gasteiger partial charge in [-0.3, -0.25) is 9.80 Å². The summed E-state index contributed by atoms with van der Waals surface area (Å²) in [5.41, 5.74) is 5.55. The molecule has 2 fully saturated rings. The molecule has 2 rings (SSSR count). The normalized spacial score (nSPS) is 32.2. The van der Waals surface area contributed by atoms with E-state index in [4.69, 9.17) is 15.7 Å². The zero-order chi connectivity index (χ0) is 15.8. The van der Waals surface area contributed by atoms with Gasteiger partial charge in [-0.2, -0.15) is 0 Å². The predicted molar refractivity (Wildman–Crippen MR) is 83.7 cm³/mol. The largest absolute Gasteiger partial charge is 0.409 e. The second-order valence-electron chi connectivity index (χ2n) is 7.46. The van der Waals surface area contributed by atoms with Crippen molar-refractivity contribution in [2.75, 3.05) is 26.2 Å². The van der Waals surface area contributed by atoms with Crippen molar-refractivity contribution in [1.82, 2.24) is 9.80 Å². The van der Waals surface area contributed by atoms with E-state index >= 15 is 0 Å². The molecule has 0 aromatic rings. The summed E-state index contributed by atoms with van der Waals surface area (Å²) in [5, 5.41) is 11.9. The van der Waals surface area contributed by atoms with E-state index in [2.05, 4.69) is 42.7 Å². The van der Waals surface area contributed by atoms with Crippen molar-refractivity contribution in [1.29, 1.82) is 0 Å². The second kappa shape index (κ2) is 5.74. The molecule has 0 spiro atoms. The molecule has 0 aromatic carbocycles. The number of nitrogens with two attached hydrogens (primary N) is 1. The number of oxime groups is 1. The second-order valence-corrected chi connectivity index (χ2v) is 7.46. The lowest BCUT2D eigenvalue weighted by atomic mass is 9.92. The van der Waals surface area contributed by atoms with E-state index in [0.29, 0.717) is 6.04 Å². The number of hydrogen-bond acceptors (Lipinski definition) is 5. The molecule has 2 atom stereocenters. The van der Waals surface area contributed by atoms with Gasteiger partial charge in [0.1, 0.15) is 0 Å². The number of nitrogens with zero attached hydrogens (tertiary/aromatic N) is 3. The Labute approximate surface area is 127 Å². The summed E-state index contributed by atoms with van der Waals surface area (Å²) in [6.45, 7) is 14.6. The zero-order valence-corrected chi connectivity index (χ0v) is 14.0. The Morgan fingerprint density at radius 3 is 2.24 bits per heavy atom. The molecule has 2 unspecified atom stereocenters. The fourth-order valence-corrected chi connectivity index (χ4v) is 3.81. The van der Waals surface area contributed by atoms with Gasteiger partial charge >= 0.3 is 0 Å². The molecule has 2 aliphatic rings. The van der Waals surface area contributed by atoms with Crippen molar-refractivity contribution >= 4 is 5.84 Å². The van der Waals surface area contributed by atoms with Crippen molar-refractivity contribution in [2.45, 2.75) is 64.3 Å². The number of rotatable bonds is 3. The summed E-state index contributed by atoms with van der Waals surface area (Å²) < 4.78 is 6.20. The highest BCUT2D eigenvalue weighted by atomic mass is 16.5. The van der Waals surface area contributed by atoms with E-state index < -0.39 is 0 Å². The fourth-order valence-electron chi connectivity index (χ4n) is 3.81. The summed E-state index contributed by atoms with van der Waals surface area (Å²) in [5.74, 6) is 0.286. The molecule has 0 saturated carbocycles. The molecule has 0 aliphatic carbocycles. The molecule has 0 radical (unpaired) electrons. The first-order chi connectivity index (χ1) is 9.66. The summed E-state index contributed by atoms with van der Waals surface area (Å²) in [6.07, 6.45) is 1.07. The van der Waals surface area contributed by atoms with Crippen LogP contribution in [-0.2, 0) is 4.74 Å².